The van der Waals surface area contributed by atoms with E-state index in [9.17, 15) is 0 Å². The van der Waals surface area contributed by atoms with Crippen molar-refractivity contribution < 1.29 is 4.74 Å². The first-order chi connectivity index (χ1) is 7.90. The Kier molecular flexibility index (Phi) is 3.81. The first kappa shape index (κ1) is 13.3. The fourth-order valence-electron chi connectivity index (χ4n) is 3.38. The molecule has 0 amide bonds. The fraction of sp³-hybridized carbons (Fsp3) is 1.00. The largest absolute Gasteiger partial charge is 0.381 e. The summed E-state index contributed by atoms with van der Waals surface area (Å²) < 4.78 is 5.26. The monoisotopic (exact) mass is 240 g/mol. The van der Waals surface area contributed by atoms with Crippen LogP contribution >= 0.6 is 0 Å². The maximum Gasteiger partial charge on any atom is 0.0528 e. The van der Waals surface area contributed by atoms with E-state index in [4.69, 9.17) is 4.74 Å². The van der Waals surface area contributed by atoms with Crippen molar-refractivity contribution in [3.05, 3.63) is 0 Å². The first-order valence-corrected chi connectivity index (χ1v) is 6.95. The van der Waals surface area contributed by atoms with Crippen LogP contribution in [0.1, 0.15) is 34.1 Å². The Balaban J connectivity index is 1.90. The van der Waals surface area contributed by atoms with Crippen LogP contribution in [0.3, 0.4) is 0 Å². The molecule has 0 aliphatic carbocycles. The summed E-state index contributed by atoms with van der Waals surface area (Å²) in [4.78, 5) is 5.20. The second-order valence-corrected chi connectivity index (χ2v) is 6.76. The van der Waals surface area contributed by atoms with Crippen LogP contribution in [0.2, 0.25) is 0 Å². The Labute approximate surface area is 106 Å². The average Bonchev–Trinajstić information content (AvgIpc) is 2.47. The highest BCUT2D eigenvalue weighted by atomic mass is 16.5. The van der Waals surface area contributed by atoms with Gasteiger partial charge in [-0.3, -0.25) is 4.90 Å². The molecule has 0 radical (unpaired) electrons. The van der Waals surface area contributed by atoms with E-state index in [1.165, 1.54) is 19.5 Å². The summed E-state index contributed by atoms with van der Waals surface area (Å²) in [7, 11) is 2.28. The summed E-state index contributed by atoms with van der Waals surface area (Å²) in [6.45, 7) is 13.7. The van der Waals surface area contributed by atoms with Crippen LogP contribution in [-0.2, 0) is 4.74 Å². The van der Waals surface area contributed by atoms with Gasteiger partial charge in [0.15, 0.2) is 0 Å². The number of nitrogens with zero attached hydrogens (tertiary/aromatic N) is 2. The van der Waals surface area contributed by atoms with Crippen LogP contribution in [0.25, 0.3) is 0 Å². The third-order valence-corrected chi connectivity index (χ3v) is 4.42. The molecule has 0 aromatic rings. The fourth-order valence-corrected chi connectivity index (χ4v) is 3.38. The van der Waals surface area contributed by atoms with Crippen molar-refractivity contribution in [3.8, 4) is 0 Å². The van der Waals surface area contributed by atoms with Gasteiger partial charge in [0.05, 0.1) is 13.2 Å². The normalized spacial score (nSPS) is 30.2. The molecule has 3 nitrogen and oxygen atoms in total. The van der Waals surface area contributed by atoms with Crippen molar-refractivity contribution in [3.63, 3.8) is 0 Å². The van der Waals surface area contributed by atoms with Gasteiger partial charge < -0.3 is 9.64 Å². The lowest BCUT2D eigenvalue weighted by molar-refractivity contribution is -0.0476. The first-order valence-electron chi connectivity index (χ1n) is 6.95. The third-order valence-electron chi connectivity index (χ3n) is 4.42. The summed E-state index contributed by atoms with van der Waals surface area (Å²) >= 11 is 0. The van der Waals surface area contributed by atoms with Gasteiger partial charge >= 0.3 is 0 Å². The molecule has 0 N–H and O–H groups in total. The van der Waals surface area contributed by atoms with E-state index >= 15 is 0 Å². The van der Waals surface area contributed by atoms with Gasteiger partial charge in [0, 0.05) is 36.6 Å². The van der Waals surface area contributed by atoms with Crippen molar-refractivity contribution in [2.75, 3.05) is 33.4 Å². The summed E-state index contributed by atoms with van der Waals surface area (Å²) in [5.41, 5.74) is 0.350. The predicted octanol–water partition coefficient (Wildman–Crippen LogP) is 1.83. The van der Waals surface area contributed by atoms with E-state index in [2.05, 4.69) is 44.5 Å². The molecule has 0 saturated carbocycles. The average molecular weight is 240 g/mol. The van der Waals surface area contributed by atoms with Crippen LogP contribution < -0.4 is 0 Å². The summed E-state index contributed by atoms with van der Waals surface area (Å²) in [6, 6.07) is 1.36. The number of hydrogen-bond donors (Lipinski definition) is 0. The Morgan fingerprint density at radius 2 is 2.00 bits per heavy atom. The van der Waals surface area contributed by atoms with Crippen molar-refractivity contribution in [2.24, 2.45) is 5.92 Å². The minimum absolute atomic E-state index is 0.350. The lowest BCUT2D eigenvalue weighted by atomic mass is 9.98. The van der Waals surface area contributed by atoms with Gasteiger partial charge in [-0.1, -0.05) is 0 Å². The van der Waals surface area contributed by atoms with E-state index in [1.54, 1.807) is 0 Å². The van der Waals surface area contributed by atoms with Gasteiger partial charge in [0.2, 0.25) is 0 Å². The number of hydrogen-bond acceptors (Lipinski definition) is 3. The standard InChI is InChI=1S/C14H28N2O/c1-11(2)16-8-13(6-14(16,3)4)15(5)7-12-9-17-10-12/h11-13H,6-10H2,1-5H3. The second kappa shape index (κ2) is 4.87. The quantitative estimate of drug-likeness (QED) is 0.745. The molecule has 3 heteroatoms. The molecule has 1 atom stereocenters. The molecular formula is C14H28N2O. The highest BCUT2D eigenvalue weighted by Gasteiger charge is 2.41. The lowest BCUT2D eigenvalue weighted by Gasteiger charge is -2.34. The number of ether oxygens (including phenoxy) is 1. The van der Waals surface area contributed by atoms with Crippen LogP contribution in [0, 0.1) is 5.92 Å². The minimum atomic E-state index is 0.350. The van der Waals surface area contributed by atoms with Crippen LogP contribution in [-0.4, -0.2) is 60.8 Å². The number of likely N-dealkylation sites (tertiary alicyclic amines) is 1. The van der Waals surface area contributed by atoms with Crippen LogP contribution in [0.5, 0.6) is 0 Å². The van der Waals surface area contributed by atoms with Crippen LogP contribution in [0.15, 0.2) is 0 Å². The Morgan fingerprint density at radius 3 is 2.41 bits per heavy atom. The highest BCUT2D eigenvalue weighted by molar-refractivity contribution is 4.98. The minimum Gasteiger partial charge on any atom is -0.381 e. The molecule has 17 heavy (non-hydrogen) atoms. The number of likely N-dealkylation sites (N-methyl/N-ethyl adjacent to an activating group) is 1. The maximum absolute atomic E-state index is 5.26. The summed E-state index contributed by atoms with van der Waals surface area (Å²) in [5.74, 6) is 0.774. The molecular weight excluding hydrogens is 212 g/mol. The molecule has 0 bridgehead atoms. The zero-order chi connectivity index (χ0) is 12.6. The van der Waals surface area contributed by atoms with Crippen molar-refractivity contribution in [1.82, 2.24) is 9.80 Å². The highest BCUT2D eigenvalue weighted by Crippen LogP contribution is 2.33. The van der Waals surface area contributed by atoms with Crippen molar-refractivity contribution in [2.45, 2.75) is 51.7 Å². The zero-order valence-electron chi connectivity index (χ0n) is 12.1. The molecule has 100 valence electrons. The number of rotatable bonds is 4. The van der Waals surface area contributed by atoms with Gasteiger partial charge in [0.25, 0.3) is 0 Å². The smallest absolute Gasteiger partial charge is 0.0528 e. The molecule has 2 aliphatic heterocycles. The predicted molar refractivity (Wildman–Crippen MR) is 71.3 cm³/mol. The van der Waals surface area contributed by atoms with E-state index in [0.29, 0.717) is 17.6 Å². The van der Waals surface area contributed by atoms with Gasteiger partial charge in [-0.15, -0.1) is 0 Å². The Morgan fingerprint density at radius 1 is 1.35 bits per heavy atom. The molecule has 1 unspecified atom stereocenters. The molecule has 2 aliphatic rings. The second-order valence-electron chi connectivity index (χ2n) is 6.76. The molecule has 0 spiro atoms. The van der Waals surface area contributed by atoms with Gasteiger partial charge in [-0.25, -0.2) is 0 Å². The lowest BCUT2D eigenvalue weighted by Crippen LogP contribution is -2.44. The van der Waals surface area contributed by atoms with E-state index < -0.39 is 0 Å². The molecule has 2 fully saturated rings. The summed E-state index contributed by atoms with van der Waals surface area (Å²) in [6.07, 6.45) is 1.29. The molecule has 2 saturated heterocycles. The third kappa shape index (κ3) is 2.83. The van der Waals surface area contributed by atoms with E-state index in [0.717, 1.165) is 19.1 Å². The van der Waals surface area contributed by atoms with Gasteiger partial charge in [0.1, 0.15) is 0 Å². The van der Waals surface area contributed by atoms with E-state index in [-0.39, 0.29) is 0 Å². The molecule has 0 aromatic carbocycles. The van der Waals surface area contributed by atoms with Crippen molar-refractivity contribution >= 4 is 0 Å². The summed E-state index contributed by atoms with van der Waals surface area (Å²) in [5, 5.41) is 0. The molecule has 0 aromatic heterocycles. The Hall–Kier alpha value is -0.120. The van der Waals surface area contributed by atoms with Crippen molar-refractivity contribution in [1.29, 1.82) is 0 Å². The Bertz CT molecular complexity index is 261. The zero-order valence-corrected chi connectivity index (χ0v) is 12.1. The topological polar surface area (TPSA) is 15.7 Å². The SMILES string of the molecule is CC(C)N1CC(N(C)CC2COC2)CC1(C)C. The van der Waals surface area contributed by atoms with Crippen LogP contribution in [0.4, 0.5) is 0 Å². The maximum atomic E-state index is 5.26. The van der Waals surface area contributed by atoms with Gasteiger partial charge in [-0.05, 0) is 41.2 Å². The van der Waals surface area contributed by atoms with Gasteiger partial charge in [-0.2, -0.15) is 0 Å². The van der Waals surface area contributed by atoms with E-state index in [1.807, 2.05) is 0 Å². The molecule has 2 heterocycles. The molecule has 2 rings (SSSR count).